The van der Waals surface area contributed by atoms with Crippen LogP contribution in [-0.2, 0) is 5.33 Å². The number of hydrogen-bond acceptors (Lipinski definition) is 2. The zero-order valence-corrected chi connectivity index (χ0v) is 9.59. The van der Waals surface area contributed by atoms with Gasteiger partial charge < -0.3 is 9.84 Å². The van der Waals surface area contributed by atoms with Crippen LogP contribution in [0.1, 0.15) is 21.5 Å². The third-order valence-corrected chi connectivity index (χ3v) is 2.61. The van der Waals surface area contributed by atoms with Gasteiger partial charge in [-0.15, -0.1) is 0 Å². The Bertz CT molecular complexity index is 361. The van der Waals surface area contributed by atoms with E-state index in [0.717, 1.165) is 5.56 Å². The van der Waals surface area contributed by atoms with Crippen LogP contribution in [0, 0.1) is 6.92 Å². The van der Waals surface area contributed by atoms with E-state index in [1.54, 1.807) is 26.2 Å². The molecular formula is C10H11BrO3. The second-order valence-electron chi connectivity index (χ2n) is 2.92. The van der Waals surface area contributed by atoms with E-state index < -0.39 is 5.97 Å². The summed E-state index contributed by atoms with van der Waals surface area (Å²) in [6.45, 7) is 1.75. The van der Waals surface area contributed by atoms with E-state index in [9.17, 15) is 4.79 Å². The van der Waals surface area contributed by atoms with Crippen LogP contribution in [0.3, 0.4) is 0 Å². The number of rotatable bonds is 3. The number of methoxy groups -OCH3 is 1. The van der Waals surface area contributed by atoms with E-state index >= 15 is 0 Å². The first-order valence-corrected chi connectivity index (χ1v) is 5.19. The Kier molecular flexibility index (Phi) is 3.52. The Morgan fingerprint density at radius 2 is 2.21 bits per heavy atom. The summed E-state index contributed by atoms with van der Waals surface area (Å²) in [5, 5.41) is 9.47. The van der Waals surface area contributed by atoms with Crippen LogP contribution in [0.4, 0.5) is 0 Å². The molecule has 0 aromatic heterocycles. The molecule has 0 heterocycles. The van der Waals surface area contributed by atoms with E-state index in [4.69, 9.17) is 9.84 Å². The fourth-order valence-corrected chi connectivity index (χ4v) is 1.69. The molecule has 14 heavy (non-hydrogen) atoms. The molecule has 0 radical (unpaired) electrons. The Labute approximate surface area is 90.8 Å². The van der Waals surface area contributed by atoms with Crippen molar-refractivity contribution in [2.75, 3.05) is 7.11 Å². The Morgan fingerprint density at radius 1 is 1.57 bits per heavy atom. The molecule has 1 rings (SSSR count). The predicted molar refractivity (Wildman–Crippen MR) is 57.3 cm³/mol. The highest BCUT2D eigenvalue weighted by atomic mass is 79.9. The second-order valence-corrected chi connectivity index (χ2v) is 3.48. The minimum atomic E-state index is -0.910. The summed E-state index contributed by atoms with van der Waals surface area (Å²) in [6.07, 6.45) is 0. The van der Waals surface area contributed by atoms with Gasteiger partial charge in [0.15, 0.2) is 0 Å². The number of aryl methyl sites for hydroxylation is 1. The first-order chi connectivity index (χ1) is 6.60. The molecule has 1 aromatic carbocycles. The molecule has 76 valence electrons. The lowest BCUT2D eigenvalue weighted by molar-refractivity contribution is 0.0696. The topological polar surface area (TPSA) is 46.5 Å². The molecule has 0 bridgehead atoms. The zero-order chi connectivity index (χ0) is 10.7. The number of alkyl halides is 1. The zero-order valence-electron chi connectivity index (χ0n) is 8.00. The van der Waals surface area contributed by atoms with Crippen LogP contribution >= 0.6 is 15.9 Å². The van der Waals surface area contributed by atoms with Crippen LogP contribution < -0.4 is 4.74 Å². The Morgan fingerprint density at radius 3 is 2.64 bits per heavy atom. The summed E-state index contributed by atoms with van der Waals surface area (Å²) < 4.78 is 5.13. The van der Waals surface area contributed by atoms with Gasteiger partial charge in [0.1, 0.15) is 5.75 Å². The minimum absolute atomic E-state index is 0.320. The monoisotopic (exact) mass is 258 g/mol. The van der Waals surface area contributed by atoms with Crippen LogP contribution in [0.5, 0.6) is 5.75 Å². The molecule has 1 aromatic rings. The molecule has 0 saturated heterocycles. The average molecular weight is 259 g/mol. The van der Waals surface area contributed by atoms with E-state index in [1.165, 1.54) is 0 Å². The van der Waals surface area contributed by atoms with Gasteiger partial charge in [0.2, 0.25) is 0 Å². The van der Waals surface area contributed by atoms with Gasteiger partial charge in [-0.3, -0.25) is 0 Å². The highest BCUT2D eigenvalue weighted by Crippen LogP contribution is 2.25. The van der Waals surface area contributed by atoms with Gasteiger partial charge in [-0.2, -0.15) is 0 Å². The average Bonchev–Trinajstić information content (AvgIpc) is 2.16. The highest BCUT2D eigenvalue weighted by Gasteiger charge is 2.11. The smallest absolute Gasteiger partial charge is 0.335 e. The summed E-state index contributed by atoms with van der Waals surface area (Å²) in [6, 6.07) is 3.37. The van der Waals surface area contributed by atoms with Gasteiger partial charge >= 0.3 is 5.97 Å². The van der Waals surface area contributed by atoms with Gasteiger partial charge in [-0.1, -0.05) is 15.9 Å². The van der Waals surface area contributed by atoms with E-state index in [2.05, 4.69) is 15.9 Å². The first-order valence-electron chi connectivity index (χ1n) is 4.07. The fourth-order valence-electron chi connectivity index (χ4n) is 1.25. The van der Waals surface area contributed by atoms with Gasteiger partial charge in [0.05, 0.1) is 12.7 Å². The van der Waals surface area contributed by atoms with Crippen LogP contribution in [0.15, 0.2) is 12.1 Å². The van der Waals surface area contributed by atoms with Crippen molar-refractivity contribution in [3.8, 4) is 5.75 Å². The molecule has 0 spiro atoms. The molecule has 0 saturated carbocycles. The third-order valence-electron chi connectivity index (χ3n) is 2.00. The van der Waals surface area contributed by atoms with Crippen LogP contribution in [0.2, 0.25) is 0 Å². The maximum absolute atomic E-state index is 10.8. The molecule has 0 unspecified atom stereocenters. The molecule has 0 aliphatic heterocycles. The number of aromatic carboxylic acids is 1. The SMILES string of the molecule is COc1cc(C)c(C(=O)O)cc1CBr. The number of halogens is 1. The number of carboxylic acid groups (broad SMARTS) is 1. The quantitative estimate of drug-likeness (QED) is 0.848. The molecule has 0 atom stereocenters. The van der Waals surface area contributed by atoms with Gasteiger partial charge in [-0.05, 0) is 24.6 Å². The summed E-state index contributed by atoms with van der Waals surface area (Å²) in [7, 11) is 1.57. The molecular weight excluding hydrogens is 248 g/mol. The van der Waals surface area contributed by atoms with E-state index in [-0.39, 0.29) is 0 Å². The van der Waals surface area contributed by atoms with E-state index in [1.807, 2.05) is 0 Å². The maximum atomic E-state index is 10.8. The minimum Gasteiger partial charge on any atom is -0.496 e. The lowest BCUT2D eigenvalue weighted by Crippen LogP contribution is -2.02. The summed E-state index contributed by atoms with van der Waals surface area (Å²) in [5.74, 6) is -0.197. The van der Waals surface area contributed by atoms with Crippen LogP contribution in [-0.4, -0.2) is 18.2 Å². The second kappa shape index (κ2) is 4.46. The van der Waals surface area contributed by atoms with Crippen LogP contribution in [0.25, 0.3) is 0 Å². The van der Waals surface area contributed by atoms with Crippen molar-refractivity contribution in [1.82, 2.24) is 0 Å². The normalized spacial score (nSPS) is 9.93. The molecule has 3 nitrogen and oxygen atoms in total. The van der Waals surface area contributed by atoms with Gasteiger partial charge in [-0.25, -0.2) is 4.79 Å². The van der Waals surface area contributed by atoms with Crippen molar-refractivity contribution in [1.29, 1.82) is 0 Å². The van der Waals surface area contributed by atoms with Crippen molar-refractivity contribution in [2.24, 2.45) is 0 Å². The van der Waals surface area contributed by atoms with Crippen molar-refractivity contribution in [2.45, 2.75) is 12.3 Å². The fraction of sp³-hybridized carbons (Fsp3) is 0.300. The standard InChI is InChI=1S/C10H11BrO3/c1-6-3-9(14-2)7(5-11)4-8(6)10(12)13/h3-4H,5H2,1-2H3,(H,12,13). The Balaban J connectivity index is 3.30. The number of ether oxygens (including phenoxy) is 1. The molecule has 1 N–H and O–H groups in total. The highest BCUT2D eigenvalue weighted by molar-refractivity contribution is 9.08. The van der Waals surface area contributed by atoms with Crippen molar-refractivity contribution in [3.05, 3.63) is 28.8 Å². The first kappa shape index (κ1) is 11.0. The maximum Gasteiger partial charge on any atom is 0.335 e. The number of carboxylic acids is 1. The van der Waals surface area contributed by atoms with Gasteiger partial charge in [0.25, 0.3) is 0 Å². The van der Waals surface area contributed by atoms with Crippen molar-refractivity contribution >= 4 is 21.9 Å². The lowest BCUT2D eigenvalue weighted by atomic mass is 10.0. The molecule has 0 fully saturated rings. The van der Waals surface area contributed by atoms with E-state index in [0.29, 0.717) is 22.2 Å². The molecule has 0 aliphatic carbocycles. The van der Waals surface area contributed by atoms with Crippen molar-refractivity contribution in [3.63, 3.8) is 0 Å². The predicted octanol–water partition coefficient (Wildman–Crippen LogP) is 2.60. The number of hydrogen-bond donors (Lipinski definition) is 1. The largest absolute Gasteiger partial charge is 0.496 e. The van der Waals surface area contributed by atoms with Gasteiger partial charge in [0, 0.05) is 10.9 Å². The lowest BCUT2D eigenvalue weighted by Gasteiger charge is -2.09. The molecule has 0 aliphatic rings. The Hall–Kier alpha value is -1.03. The third kappa shape index (κ3) is 2.07. The summed E-state index contributed by atoms with van der Waals surface area (Å²) in [5.41, 5.74) is 1.87. The molecule has 4 heteroatoms. The van der Waals surface area contributed by atoms with Crippen molar-refractivity contribution < 1.29 is 14.6 Å². The summed E-state index contributed by atoms with van der Waals surface area (Å²) in [4.78, 5) is 10.8. The number of carbonyl (C=O) groups is 1. The molecule has 0 amide bonds. The summed E-state index contributed by atoms with van der Waals surface area (Å²) >= 11 is 3.28. The number of benzene rings is 1.